The van der Waals surface area contributed by atoms with Crippen molar-refractivity contribution >= 4 is 5.69 Å². The fourth-order valence-corrected chi connectivity index (χ4v) is 2.01. The second kappa shape index (κ2) is 5.77. The molecule has 5 N–H and O–H groups in total. The van der Waals surface area contributed by atoms with Crippen LogP contribution in [0, 0.1) is 11.6 Å². The van der Waals surface area contributed by atoms with E-state index >= 15 is 0 Å². The van der Waals surface area contributed by atoms with Gasteiger partial charge >= 0.3 is 0 Å². The Morgan fingerprint density at radius 3 is 2.47 bits per heavy atom. The number of anilines is 1. The summed E-state index contributed by atoms with van der Waals surface area (Å²) in [7, 11) is 0. The van der Waals surface area contributed by atoms with Crippen molar-refractivity contribution in [3.05, 3.63) is 65.2 Å². The average Bonchev–Trinajstić information content (AvgIpc) is 2.39. The maximum Gasteiger partial charge on any atom is 0.123 e. The van der Waals surface area contributed by atoms with Crippen LogP contribution in [0.3, 0.4) is 0 Å². The third-order valence-corrected chi connectivity index (χ3v) is 2.95. The molecule has 0 aliphatic heterocycles. The quantitative estimate of drug-likeness (QED) is 0.450. The molecular weight excluding hydrogens is 248 g/mol. The van der Waals surface area contributed by atoms with Crippen LogP contribution in [0.1, 0.15) is 17.2 Å². The van der Waals surface area contributed by atoms with Gasteiger partial charge in [0.15, 0.2) is 0 Å². The van der Waals surface area contributed by atoms with Gasteiger partial charge in [0.1, 0.15) is 11.6 Å². The molecule has 2 rings (SSSR count). The third-order valence-electron chi connectivity index (χ3n) is 2.95. The van der Waals surface area contributed by atoms with Crippen molar-refractivity contribution in [1.29, 1.82) is 0 Å². The molecule has 0 fully saturated rings. The van der Waals surface area contributed by atoms with Gasteiger partial charge in [-0.05, 0) is 47.9 Å². The summed E-state index contributed by atoms with van der Waals surface area (Å²) in [6, 6.07) is 9.91. The minimum absolute atomic E-state index is 0.319. The highest BCUT2D eigenvalue weighted by Crippen LogP contribution is 2.24. The normalized spacial score (nSPS) is 12.4. The Balaban J connectivity index is 2.27. The van der Waals surface area contributed by atoms with Gasteiger partial charge in [0.25, 0.3) is 0 Å². The predicted molar refractivity (Wildman–Crippen MR) is 71.0 cm³/mol. The summed E-state index contributed by atoms with van der Waals surface area (Å²) in [5.74, 6) is 4.78. The molecule has 0 aromatic heterocycles. The highest BCUT2D eigenvalue weighted by atomic mass is 19.1. The number of nitrogens with two attached hydrogens (primary N) is 2. The predicted octanol–water partition coefficient (Wildman–Crippen LogP) is 2.29. The smallest absolute Gasteiger partial charge is 0.123 e. The summed E-state index contributed by atoms with van der Waals surface area (Å²) in [5.41, 5.74) is 10.2. The van der Waals surface area contributed by atoms with Crippen molar-refractivity contribution in [2.45, 2.75) is 12.5 Å². The molecule has 5 heteroatoms. The van der Waals surface area contributed by atoms with Gasteiger partial charge in [-0.2, -0.15) is 0 Å². The molecular formula is C14H15F2N3. The van der Waals surface area contributed by atoms with Gasteiger partial charge in [0, 0.05) is 5.69 Å². The summed E-state index contributed by atoms with van der Waals surface area (Å²) in [6.07, 6.45) is 0.419. The summed E-state index contributed by atoms with van der Waals surface area (Å²) in [6.45, 7) is 0. The van der Waals surface area contributed by atoms with E-state index in [1.54, 1.807) is 12.1 Å². The molecule has 2 aromatic carbocycles. The first-order valence-corrected chi connectivity index (χ1v) is 5.85. The maximum absolute atomic E-state index is 13.3. The number of hydrogen-bond donors (Lipinski definition) is 3. The van der Waals surface area contributed by atoms with Crippen LogP contribution in [0.4, 0.5) is 14.5 Å². The molecule has 1 atom stereocenters. The van der Waals surface area contributed by atoms with E-state index < -0.39 is 0 Å². The van der Waals surface area contributed by atoms with Crippen LogP contribution in [-0.2, 0) is 6.42 Å². The molecule has 2 aromatic rings. The van der Waals surface area contributed by atoms with Gasteiger partial charge < -0.3 is 5.73 Å². The molecule has 0 heterocycles. The standard InChI is InChI=1S/C14H15F2N3/c15-10-3-1-2-9(6-10)7-14(19-18)12-8-11(16)4-5-13(12)17/h1-6,8,14,19H,7,17-18H2. The molecule has 0 amide bonds. The number of hydrazine groups is 1. The Morgan fingerprint density at radius 1 is 1.05 bits per heavy atom. The number of benzene rings is 2. The van der Waals surface area contributed by atoms with E-state index in [1.807, 2.05) is 0 Å². The van der Waals surface area contributed by atoms with Crippen LogP contribution in [0.5, 0.6) is 0 Å². The topological polar surface area (TPSA) is 64.1 Å². The Morgan fingerprint density at radius 2 is 1.79 bits per heavy atom. The maximum atomic E-state index is 13.3. The lowest BCUT2D eigenvalue weighted by atomic mass is 9.98. The number of nitrogens with one attached hydrogen (secondary N) is 1. The SMILES string of the molecule is NNC(Cc1cccc(F)c1)c1cc(F)ccc1N. The largest absolute Gasteiger partial charge is 0.398 e. The first kappa shape index (κ1) is 13.5. The molecule has 1 unspecified atom stereocenters. The zero-order valence-electron chi connectivity index (χ0n) is 10.2. The molecule has 0 bridgehead atoms. The fraction of sp³-hybridized carbons (Fsp3) is 0.143. The molecule has 0 aliphatic carbocycles. The summed E-state index contributed by atoms with van der Waals surface area (Å²) in [5, 5.41) is 0. The lowest BCUT2D eigenvalue weighted by molar-refractivity contribution is 0.543. The van der Waals surface area contributed by atoms with E-state index in [0.717, 1.165) is 5.56 Å². The van der Waals surface area contributed by atoms with Crippen LogP contribution in [0.25, 0.3) is 0 Å². The first-order valence-electron chi connectivity index (χ1n) is 5.85. The minimum atomic E-state index is -0.385. The minimum Gasteiger partial charge on any atom is -0.398 e. The first-order chi connectivity index (χ1) is 9.10. The van der Waals surface area contributed by atoms with Gasteiger partial charge in [-0.3, -0.25) is 11.3 Å². The van der Waals surface area contributed by atoms with E-state index in [2.05, 4.69) is 5.43 Å². The van der Waals surface area contributed by atoms with Crippen molar-refractivity contribution in [1.82, 2.24) is 5.43 Å². The van der Waals surface area contributed by atoms with Crippen molar-refractivity contribution < 1.29 is 8.78 Å². The van der Waals surface area contributed by atoms with Gasteiger partial charge in [-0.25, -0.2) is 8.78 Å². The van der Waals surface area contributed by atoms with Crippen LogP contribution >= 0.6 is 0 Å². The zero-order chi connectivity index (χ0) is 13.8. The lowest BCUT2D eigenvalue weighted by Crippen LogP contribution is -2.30. The van der Waals surface area contributed by atoms with Gasteiger partial charge in [0.2, 0.25) is 0 Å². The van der Waals surface area contributed by atoms with Crippen molar-refractivity contribution in [3.63, 3.8) is 0 Å². The Labute approximate surface area is 110 Å². The Hall–Kier alpha value is -1.98. The van der Waals surface area contributed by atoms with Crippen LogP contribution in [0.2, 0.25) is 0 Å². The molecule has 0 saturated heterocycles. The van der Waals surface area contributed by atoms with Gasteiger partial charge in [0.05, 0.1) is 6.04 Å². The molecule has 0 aliphatic rings. The van der Waals surface area contributed by atoms with Gasteiger partial charge in [-0.1, -0.05) is 12.1 Å². The highest BCUT2D eigenvalue weighted by Gasteiger charge is 2.14. The summed E-state index contributed by atoms with van der Waals surface area (Å²) >= 11 is 0. The molecule has 19 heavy (non-hydrogen) atoms. The second-order valence-corrected chi connectivity index (χ2v) is 4.33. The van der Waals surface area contributed by atoms with Crippen molar-refractivity contribution in [2.75, 3.05) is 5.73 Å². The number of halogens is 2. The summed E-state index contributed by atoms with van der Waals surface area (Å²) < 4.78 is 26.4. The lowest BCUT2D eigenvalue weighted by Gasteiger charge is -2.18. The molecule has 0 radical (unpaired) electrons. The van der Waals surface area contributed by atoms with Crippen molar-refractivity contribution in [3.8, 4) is 0 Å². The van der Waals surface area contributed by atoms with E-state index in [-0.39, 0.29) is 17.7 Å². The van der Waals surface area contributed by atoms with Crippen LogP contribution in [-0.4, -0.2) is 0 Å². The number of hydrogen-bond acceptors (Lipinski definition) is 3. The zero-order valence-corrected chi connectivity index (χ0v) is 10.2. The average molecular weight is 263 g/mol. The van der Waals surface area contributed by atoms with Crippen LogP contribution < -0.4 is 17.0 Å². The fourth-order valence-electron chi connectivity index (χ4n) is 2.01. The number of nitrogen functional groups attached to an aromatic ring is 1. The molecule has 0 saturated carbocycles. The van der Waals surface area contributed by atoms with E-state index in [9.17, 15) is 8.78 Å². The molecule has 100 valence electrons. The molecule has 0 spiro atoms. The second-order valence-electron chi connectivity index (χ2n) is 4.33. The van der Waals surface area contributed by atoms with E-state index in [1.165, 1.54) is 30.3 Å². The Bertz CT molecular complexity index is 572. The van der Waals surface area contributed by atoms with E-state index in [4.69, 9.17) is 11.6 Å². The third kappa shape index (κ3) is 3.27. The summed E-state index contributed by atoms with van der Waals surface area (Å²) in [4.78, 5) is 0. The monoisotopic (exact) mass is 263 g/mol. The highest BCUT2D eigenvalue weighted by molar-refractivity contribution is 5.49. The van der Waals surface area contributed by atoms with Crippen LogP contribution in [0.15, 0.2) is 42.5 Å². The number of rotatable bonds is 4. The van der Waals surface area contributed by atoms with Crippen molar-refractivity contribution in [2.24, 2.45) is 5.84 Å². The van der Waals surface area contributed by atoms with E-state index in [0.29, 0.717) is 17.7 Å². The molecule has 3 nitrogen and oxygen atoms in total. The Kier molecular flexibility index (Phi) is 4.09. The van der Waals surface area contributed by atoms with Gasteiger partial charge in [-0.15, -0.1) is 0 Å².